The Morgan fingerprint density at radius 2 is 2.15 bits per heavy atom. The van der Waals surface area contributed by atoms with Gasteiger partial charge in [0.1, 0.15) is 0 Å². The van der Waals surface area contributed by atoms with Gasteiger partial charge in [-0.15, -0.1) is 0 Å². The van der Waals surface area contributed by atoms with E-state index in [-0.39, 0.29) is 5.41 Å². The van der Waals surface area contributed by atoms with Crippen molar-refractivity contribution in [1.29, 1.82) is 0 Å². The smallest absolute Gasteiger partial charge is 0.234 e. The van der Waals surface area contributed by atoms with Gasteiger partial charge in [-0.05, 0) is 38.1 Å². The number of amides is 1. The maximum Gasteiger partial charge on any atom is 0.234 e. The van der Waals surface area contributed by atoms with Crippen molar-refractivity contribution in [3.63, 3.8) is 0 Å². The van der Waals surface area contributed by atoms with E-state index >= 15 is 0 Å². The molecule has 3 fully saturated rings. The molecular formula is C15H22N4O. The summed E-state index contributed by atoms with van der Waals surface area (Å²) >= 11 is 0. The van der Waals surface area contributed by atoms with Crippen LogP contribution in [0.3, 0.4) is 0 Å². The number of hydrogen-bond donors (Lipinski definition) is 0. The van der Waals surface area contributed by atoms with Gasteiger partial charge < -0.3 is 9.80 Å². The fraction of sp³-hybridized carbons (Fsp3) is 0.733. The predicted molar refractivity (Wildman–Crippen MR) is 76.4 cm³/mol. The molecule has 20 heavy (non-hydrogen) atoms. The Labute approximate surface area is 119 Å². The molecule has 0 radical (unpaired) electrons. The number of nitrogens with zero attached hydrogens (tertiary/aromatic N) is 4. The summed E-state index contributed by atoms with van der Waals surface area (Å²) in [5.74, 6) is 1.24. The molecule has 5 heteroatoms. The number of hydrogen-bond acceptors (Lipinski definition) is 3. The van der Waals surface area contributed by atoms with E-state index in [0.29, 0.717) is 5.91 Å². The topological polar surface area (TPSA) is 41.4 Å². The van der Waals surface area contributed by atoms with Crippen LogP contribution in [-0.4, -0.2) is 46.8 Å². The van der Waals surface area contributed by atoms with Crippen molar-refractivity contribution in [2.24, 2.45) is 18.4 Å². The van der Waals surface area contributed by atoms with Crippen molar-refractivity contribution in [3.8, 4) is 0 Å². The first-order valence-electron chi connectivity index (χ1n) is 7.69. The van der Waals surface area contributed by atoms with Gasteiger partial charge in [-0.25, -0.2) is 0 Å². The maximum atomic E-state index is 12.8. The van der Waals surface area contributed by atoms with Crippen LogP contribution in [0.15, 0.2) is 12.4 Å². The zero-order valence-electron chi connectivity index (χ0n) is 12.1. The largest absolute Gasteiger partial charge is 0.309 e. The lowest BCUT2D eigenvalue weighted by molar-refractivity contribution is -0.125. The van der Waals surface area contributed by atoms with Gasteiger partial charge in [0, 0.05) is 32.9 Å². The number of rotatable bonds is 3. The zero-order valence-corrected chi connectivity index (χ0v) is 12.1. The fourth-order valence-corrected chi connectivity index (χ4v) is 3.77. The average Bonchev–Trinajstić information content (AvgIpc) is 2.84. The molecule has 0 aromatic carbocycles. The Morgan fingerprint density at radius 1 is 1.35 bits per heavy atom. The summed E-state index contributed by atoms with van der Waals surface area (Å²) in [7, 11) is 1.90. The molecule has 1 saturated carbocycles. The van der Waals surface area contributed by atoms with E-state index in [9.17, 15) is 4.79 Å². The summed E-state index contributed by atoms with van der Waals surface area (Å²) in [6, 6.07) is 0. The quantitative estimate of drug-likeness (QED) is 0.833. The van der Waals surface area contributed by atoms with Crippen molar-refractivity contribution in [2.75, 3.05) is 31.1 Å². The molecule has 0 bridgehead atoms. The van der Waals surface area contributed by atoms with E-state index in [1.165, 1.54) is 19.4 Å². The Bertz CT molecular complexity index is 536. The first-order chi connectivity index (χ1) is 9.66. The van der Waals surface area contributed by atoms with Crippen molar-refractivity contribution < 1.29 is 4.79 Å². The number of aryl methyl sites for hydroxylation is 1. The maximum absolute atomic E-state index is 12.8. The molecule has 2 saturated heterocycles. The standard InChI is InChI=1S/C15H22N4O/c1-17-10-13(8-16-17)19-7-5-15(14(19)20)4-6-18(11-15)9-12-2-3-12/h8,10,12H,2-7,9,11H2,1H3. The highest BCUT2D eigenvalue weighted by Crippen LogP contribution is 2.43. The molecule has 108 valence electrons. The Balaban J connectivity index is 1.49. The second kappa shape index (κ2) is 4.32. The normalized spacial score (nSPS) is 30.9. The summed E-state index contributed by atoms with van der Waals surface area (Å²) in [5, 5.41) is 4.19. The third-order valence-corrected chi connectivity index (χ3v) is 5.16. The van der Waals surface area contributed by atoms with Gasteiger partial charge in [-0.2, -0.15) is 5.10 Å². The van der Waals surface area contributed by atoms with Gasteiger partial charge in [0.15, 0.2) is 0 Å². The average molecular weight is 274 g/mol. The highest BCUT2D eigenvalue weighted by molar-refractivity contribution is 6.00. The molecule has 1 aromatic rings. The number of carbonyl (C=O) groups is 1. The molecule has 0 N–H and O–H groups in total. The Kier molecular flexibility index (Phi) is 2.67. The fourth-order valence-electron chi connectivity index (χ4n) is 3.77. The first-order valence-corrected chi connectivity index (χ1v) is 7.69. The summed E-state index contributed by atoms with van der Waals surface area (Å²) in [6.45, 7) is 4.13. The molecule has 1 atom stereocenters. The van der Waals surface area contributed by atoms with Gasteiger partial charge in [-0.3, -0.25) is 9.48 Å². The Morgan fingerprint density at radius 3 is 2.85 bits per heavy atom. The molecule has 2 aliphatic heterocycles. The van der Waals surface area contributed by atoms with Crippen LogP contribution in [0.5, 0.6) is 0 Å². The number of aromatic nitrogens is 2. The second-order valence-electron chi connectivity index (χ2n) is 6.79. The summed E-state index contributed by atoms with van der Waals surface area (Å²) in [6.07, 6.45) is 8.55. The second-order valence-corrected chi connectivity index (χ2v) is 6.79. The lowest BCUT2D eigenvalue weighted by Crippen LogP contribution is -2.37. The minimum Gasteiger partial charge on any atom is -0.309 e. The monoisotopic (exact) mass is 274 g/mol. The van der Waals surface area contributed by atoms with Crippen molar-refractivity contribution in [3.05, 3.63) is 12.4 Å². The molecule has 5 nitrogen and oxygen atoms in total. The van der Waals surface area contributed by atoms with Crippen molar-refractivity contribution in [1.82, 2.24) is 14.7 Å². The van der Waals surface area contributed by atoms with Gasteiger partial charge in [0.25, 0.3) is 0 Å². The molecule has 1 amide bonds. The minimum atomic E-state index is -0.106. The molecule has 3 aliphatic rings. The molecule has 1 aromatic heterocycles. The molecule has 1 aliphatic carbocycles. The zero-order chi connectivity index (χ0) is 13.7. The van der Waals surface area contributed by atoms with Crippen LogP contribution in [0.1, 0.15) is 25.7 Å². The molecule has 4 rings (SSSR count). The third-order valence-electron chi connectivity index (χ3n) is 5.16. The van der Waals surface area contributed by atoms with Crippen LogP contribution in [0.25, 0.3) is 0 Å². The molecule has 1 unspecified atom stereocenters. The van der Waals surface area contributed by atoms with Crippen LogP contribution in [0, 0.1) is 11.3 Å². The lowest BCUT2D eigenvalue weighted by atomic mass is 9.85. The van der Waals surface area contributed by atoms with E-state index in [1.807, 2.05) is 18.1 Å². The van der Waals surface area contributed by atoms with E-state index in [1.54, 1.807) is 10.9 Å². The van der Waals surface area contributed by atoms with E-state index < -0.39 is 0 Å². The van der Waals surface area contributed by atoms with E-state index in [0.717, 1.165) is 44.1 Å². The first kappa shape index (κ1) is 12.4. The van der Waals surface area contributed by atoms with Crippen molar-refractivity contribution >= 4 is 11.6 Å². The summed E-state index contributed by atoms with van der Waals surface area (Å²) < 4.78 is 1.77. The summed E-state index contributed by atoms with van der Waals surface area (Å²) in [4.78, 5) is 17.3. The van der Waals surface area contributed by atoms with Crippen LogP contribution in [0.2, 0.25) is 0 Å². The molecule has 3 heterocycles. The Hall–Kier alpha value is -1.36. The van der Waals surface area contributed by atoms with E-state index in [2.05, 4.69) is 10.00 Å². The lowest BCUT2D eigenvalue weighted by Gasteiger charge is -2.23. The van der Waals surface area contributed by atoms with Gasteiger partial charge in [0.2, 0.25) is 5.91 Å². The van der Waals surface area contributed by atoms with Gasteiger partial charge in [-0.1, -0.05) is 0 Å². The number of likely N-dealkylation sites (tertiary alicyclic amines) is 1. The number of carbonyl (C=O) groups excluding carboxylic acids is 1. The highest BCUT2D eigenvalue weighted by Gasteiger charge is 2.51. The molecule has 1 spiro atoms. The minimum absolute atomic E-state index is 0.106. The van der Waals surface area contributed by atoms with Gasteiger partial charge >= 0.3 is 0 Å². The molecular weight excluding hydrogens is 252 g/mol. The predicted octanol–water partition coefficient (Wildman–Crippen LogP) is 1.26. The van der Waals surface area contributed by atoms with Crippen LogP contribution >= 0.6 is 0 Å². The van der Waals surface area contributed by atoms with Crippen LogP contribution in [0.4, 0.5) is 5.69 Å². The number of anilines is 1. The summed E-state index contributed by atoms with van der Waals surface area (Å²) in [5.41, 5.74) is 0.847. The van der Waals surface area contributed by atoms with E-state index in [4.69, 9.17) is 0 Å². The SMILES string of the molecule is Cn1cc(N2CCC3(CCN(CC4CC4)C3)C2=O)cn1. The van der Waals surface area contributed by atoms with Gasteiger partial charge in [0.05, 0.1) is 17.3 Å². The highest BCUT2D eigenvalue weighted by atomic mass is 16.2. The van der Waals surface area contributed by atoms with Crippen LogP contribution < -0.4 is 4.90 Å². The third kappa shape index (κ3) is 1.95. The van der Waals surface area contributed by atoms with Crippen molar-refractivity contribution in [2.45, 2.75) is 25.7 Å². The van der Waals surface area contributed by atoms with Crippen LogP contribution in [-0.2, 0) is 11.8 Å².